The first-order valence-electron chi connectivity index (χ1n) is 7.35. The number of ether oxygens (including phenoxy) is 1. The Morgan fingerprint density at radius 1 is 1.20 bits per heavy atom. The van der Waals surface area contributed by atoms with E-state index in [-0.39, 0.29) is 23.7 Å². The topological polar surface area (TPSA) is 114 Å². The predicted molar refractivity (Wildman–Crippen MR) is 90.2 cm³/mol. The lowest BCUT2D eigenvalue weighted by molar-refractivity contribution is -0.384. The summed E-state index contributed by atoms with van der Waals surface area (Å²) >= 11 is 0. The lowest BCUT2D eigenvalue weighted by Crippen LogP contribution is -2.08. The van der Waals surface area contributed by atoms with Gasteiger partial charge in [0.1, 0.15) is 0 Å². The van der Waals surface area contributed by atoms with Crippen LogP contribution >= 0.6 is 0 Å². The van der Waals surface area contributed by atoms with E-state index in [0.29, 0.717) is 5.56 Å². The molecule has 128 valence electrons. The number of aliphatic hydroxyl groups excluding tert-OH is 1. The lowest BCUT2D eigenvalue weighted by Gasteiger charge is -2.05. The number of nitro groups is 1. The third kappa shape index (κ3) is 4.71. The Kier molecular flexibility index (Phi) is 5.94. The average molecular weight is 341 g/mol. The highest BCUT2D eigenvalue weighted by atomic mass is 16.6. The van der Waals surface area contributed by atoms with Gasteiger partial charge in [-0.15, -0.1) is 10.2 Å². The predicted octanol–water partition coefficient (Wildman–Crippen LogP) is 4.17. The van der Waals surface area contributed by atoms with Crippen LogP contribution in [0, 0.1) is 10.1 Å². The van der Waals surface area contributed by atoms with Crippen molar-refractivity contribution in [2.45, 2.75) is 6.92 Å². The monoisotopic (exact) mass is 341 g/mol. The first-order valence-corrected chi connectivity index (χ1v) is 7.35. The summed E-state index contributed by atoms with van der Waals surface area (Å²) < 4.78 is 4.88. The molecular weight excluding hydrogens is 326 g/mol. The van der Waals surface area contributed by atoms with Crippen LogP contribution in [-0.2, 0) is 9.53 Å². The van der Waals surface area contributed by atoms with Gasteiger partial charge in [0, 0.05) is 17.7 Å². The van der Waals surface area contributed by atoms with Crippen LogP contribution in [0.3, 0.4) is 0 Å². The minimum absolute atomic E-state index is 0.0940. The normalized spacial score (nSPS) is 11.9. The summed E-state index contributed by atoms with van der Waals surface area (Å²) in [6.45, 7) is 1.71. The number of nitrogens with zero attached hydrogens (tertiary/aromatic N) is 3. The largest absolute Gasteiger partial charge is 0.505 e. The lowest BCUT2D eigenvalue weighted by atomic mass is 10.1. The number of aliphatic hydroxyl groups is 1. The number of rotatable bonds is 6. The minimum atomic E-state index is -0.849. The number of esters is 1. The summed E-state index contributed by atoms with van der Waals surface area (Å²) in [6.07, 6.45) is 0. The maximum Gasteiger partial charge on any atom is 0.362 e. The van der Waals surface area contributed by atoms with E-state index < -0.39 is 16.7 Å². The standard InChI is InChI=1S/C17H15N3O5/c1-2-25-17(22)15(16(21)12-7-4-3-5-8-12)19-18-13-9-6-10-14(11-13)20(23)24/h3-11,21H,2H2,1H3. The maximum atomic E-state index is 12.1. The van der Waals surface area contributed by atoms with Crippen molar-refractivity contribution in [1.82, 2.24) is 0 Å². The van der Waals surface area contributed by atoms with E-state index in [1.54, 1.807) is 37.3 Å². The Balaban J connectivity index is 2.42. The second-order valence-corrected chi connectivity index (χ2v) is 4.76. The third-order valence-corrected chi connectivity index (χ3v) is 3.05. The van der Waals surface area contributed by atoms with Crippen molar-refractivity contribution in [2.24, 2.45) is 10.2 Å². The van der Waals surface area contributed by atoms with Crippen LogP contribution in [0.1, 0.15) is 12.5 Å². The molecule has 0 radical (unpaired) electrons. The molecule has 2 aromatic carbocycles. The van der Waals surface area contributed by atoms with Crippen molar-refractivity contribution in [3.8, 4) is 0 Å². The molecule has 0 aromatic heterocycles. The Labute approximate surface area is 143 Å². The summed E-state index contributed by atoms with van der Waals surface area (Å²) in [6, 6.07) is 13.8. The molecule has 2 aromatic rings. The number of azo groups is 1. The molecule has 0 saturated carbocycles. The average Bonchev–Trinajstić information content (AvgIpc) is 2.63. The summed E-state index contributed by atoms with van der Waals surface area (Å²) in [4.78, 5) is 22.3. The zero-order valence-corrected chi connectivity index (χ0v) is 13.3. The fourth-order valence-electron chi connectivity index (χ4n) is 1.89. The fourth-order valence-corrected chi connectivity index (χ4v) is 1.89. The molecule has 0 spiro atoms. The van der Waals surface area contributed by atoms with Gasteiger partial charge in [0.25, 0.3) is 5.69 Å². The van der Waals surface area contributed by atoms with Crippen LogP contribution in [0.4, 0.5) is 11.4 Å². The molecule has 8 nitrogen and oxygen atoms in total. The molecule has 0 saturated heterocycles. The molecule has 2 rings (SSSR count). The van der Waals surface area contributed by atoms with Gasteiger partial charge in [-0.05, 0) is 13.0 Å². The van der Waals surface area contributed by atoms with Crippen molar-refractivity contribution in [3.63, 3.8) is 0 Å². The van der Waals surface area contributed by atoms with E-state index in [9.17, 15) is 20.0 Å². The second kappa shape index (κ2) is 8.34. The number of non-ortho nitro benzene ring substituents is 1. The minimum Gasteiger partial charge on any atom is -0.505 e. The zero-order chi connectivity index (χ0) is 18.2. The van der Waals surface area contributed by atoms with Crippen molar-refractivity contribution < 1.29 is 19.6 Å². The van der Waals surface area contributed by atoms with Crippen LogP contribution < -0.4 is 0 Å². The van der Waals surface area contributed by atoms with Crippen molar-refractivity contribution in [1.29, 1.82) is 0 Å². The molecule has 1 N–H and O–H groups in total. The van der Waals surface area contributed by atoms with Gasteiger partial charge in [0.2, 0.25) is 5.70 Å². The summed E-state index contributed by atoms with van der Waals surface area (Å²) in [5.41, 5.74) is -0.0228. The van der Waals surface area contributed by atoms with Gasteiger partial charge >= 0.3 is 5.97 Å². The third-order valence-electron chi connectivity index (χ3n) is 3.05. The SMILES string of the molecule is CCOC(=O)C(N=Nc1cccc([N+](=O)[O-])c1)=C(O)c1ccccc1. The molecule has 0 atom stereocenters. The number of benzene rings is 2. The second-order valence-electron chi connectivity index (χ2n) is 4.76. The first-order chi connectivity index (χ1) is 12.0. The van der Waals surface area contributed by atoms with Crippen LogP contribution in [0.25, 0.3) is 5.76 Å². The van der Waals surface area contributed by atoms with Gasteiger partial charge in [-0.1, -0.05) is 36.4 Å². The number of hydrogen-bond acceptors (Lipinski definition) is 7. The van der Waals surface area contributed by atoms with Gasteiger partial charge in [-0.2, -0.15) is 0 Å². The molecule has 0 heterocycles. The van der Waals surface area contributed by atoms with E-state index in [4.69, 9.17) is 4.74 Å². The summed E-state index contributed by atoms with van der Waals surface area (Å²) in [7, 11) is 0. The Hall–Kier alpha value is -3.55. The van der Waals surface area contributed by atoms with Gasteiger partial charge < -0.3 is 9.84 Å². The highest BCUT2D eigenvalue weighted by molar-refractivity contribution is 5.95. The Bertz CT molecular complexity index is 831. The molecule has 0 fully saturated rings. The van der Waals surface area contributed by atoms with Gasteiger partial charge in [-0.3, -0.25) is 10.1 Å². The van der Waals surface area contributed by atoms with Crippen LogP contribution in [-0.4, -0.2) is 22.6 Å². The number of nitro benzene ring substituents is 1. The molecule has 25 heavy (non-hydrogen) atoms. The van der Waals surface area contributed by atoms with Crippen LogP contribution in [0.2, 0.25) is 0 Å². The highest BCUT2D eigenvalue weighted by Crippen LogP contribution is 2.23. The van der Waals surface area contributed by atoms with E-state index >= 15 is 0 Å². The van der Waals surface area contributed by atoms with E-state index in [1.165, 1.54) is 24.3 Å². The Morgan fingerprint density at radius 2 is 1.92 bits per heavy atom. The van der Waals surface area contributed by atoms with E-state index in [2.05, 4.69) is 10.2 Å². The summed E-state index contributed by atoms with van der Waals surface area (Å²) in [5.74, 6) is -1.24. The molecule has 0 aliphatic heterocycles. The zero-order valence-electron chi connectivity index (χ0n) is 13.3. The quantitative estimate of drug-likeness (QED) is 0.211. The molecule has 8 heteroatoms. The number of hydrogen-bond donors (Lipinski definition) is 1. The van der Waals surface area contributed by atoms with E-state index in [0.717, 1.165) is 0 Å². The molecular formula is C17H15N3O5. The Morgan fingerprint density at radius 3 is 2.56 bits per heavy atom. The molecule has 0 aliphatic rings. The van der Waals surface area contributed by atoms with Crippen molar-refractivity contribution >= 4 is 23.1 Å². The van der Waals surface area contributed by atoms with Crippen LogP contribution in [0.15, 0.2) is 70.5 Å². The summed E-state index contributed by atoms with van der Waals surface area (Å²) in [5, 5.41) is 28.7. The van der Waals surface area contributed by atoms with Gasteiger partial charge in [-0.25, -0.2) is 4.79 Å². The smallest absolute Gasteiger partial charge is 0.362 e. The fraction of sp³-hybridized carbons (Fsp3) is 0.118. The van der Waals surface area contributed by atoms with E-state index in [1.807, 2.05) is 0 Å². The number of carbonyl (C=O) groups excluding carboxylic acids is 1. The van der Waals surface area contributed by atoms with Gasteiger partial charge in [0.15, 0.2) is 5.76 Å². The first kappa shape index (κ1) is 17.8. The highest BCUT2D eigenvalue weighted by Gasteiger charge is 2.18. The van der Waals surface area contributed by atoms with Crippen molar-refractivity contribution in [3.05, 3.63) is 76.0 Å². The van der Waals surface area contributed by atoms with Crippen molar-refractivity contribution in [2.75, 3.05) is 6.61 Å². The molecule has 0 amide bonds. The molecule has 0 unspecified atom stereocenters. The molecule has 0 bridgehead atoms. The van der Waals surface area contributed by atoms with Gasteiger partial charge in [0.05, 0.1) is 17.2 Å². The maximum absolute atomic E-state index is 12.1. The molecule has 0 aliphatic carbocycles. The number of carbonyl (C=O) groups is 1. The van der Waals surface area contributed by atoms with Crippen LogP contribution in [0.5, 0.6) is 0 Å².